The maximum absolute atomic E-state index is 13.3. The van der Waals surface area contributed by atoms with E-state index in [0.717, 1.165) is 51.9 Å². The van der Waals surface area contributed by atoms with E-state index in [2.05, 4.69) is 35.6 Å². The molecule has 10 nitrogen and oxygen atoms in total. The highest BCUT2D eigenvalue weighted by molar-refractivity contribution is 7.17. The van der Waals surface area contributed by atoms with E-state index in [4.69, 9.17) is 4.52 Å². The number of likely N-dealkylation sites (tertiary alicyclic amines) is 2. The lowest BCUT2D eigenvalue weighted by Gasteiger charge is -2.42. The van der Waals surface area contributed by atoms with Crippen LogP contribution in [-0.4, -0.2) is 75.5 Å². The van der Waals surface area contributed by atoms with E-state index in [-0.39, 0.29) is 29.6 Å². The SMILES string of the molecule is CC(=O)c1sc(NC(=O)N[C@H]2CN(Cc3ncon3)CC[C@H]2CN2CCCC(Cc3ccc(F)cc3)C2)nc1C. The van der Waals surface area contributed by atoms with Crippen molar-refractivity contribution in [2.75, 3.05) is 38.0 Å². The topological polar surface area (TPSA) is 116 Å². The van der Waals surface area contributed by atoms with Crippen LogP contribution in [0.25, 0.3) is 0 Å². The van der Waals surface area contributed by atoms with Gasteiger partial charge in [0, 0.05) is 32.6 Å². The van der Waals surface area contributed by atoms with Gasteiger partial charge in [-0.05, 0) is 75.2 Å². The zero-order valence-corrected chi connectivity index (χ0v) is 23.8. The number of nitrogens with one attached hydrogen (secondary N) is 2. The van der Waals surface area contributed by atoms with Crippen LogP contribution >= 0.6 is 11.3 Å². The predicted octanol–water partition coefficient (Wildman–Crippen LogP) is 4.14. The number of hydrogen-bond donors (Lipinski definition) is 2. The molecule has 3 aromatic rings. The third-order valence-corrected chi connectivity index (χ3v) is 8.97. The summed E-state index contributed by atoms with van der Waals surface area (Å²) >= 11 is 1.19. The van der Waals surface area contributed by atoms with Gasteiger partial charge in [-0.3, -0.25) is 15.0 Å². The monoisotopic (exact) mass is 569 g/mol. The van der Waals surface area contributed by atoms with Crippen molar-refractivity contribution in [3.05, 3.63) is 58.4 Å². The number of urea groups is 1. The molecule has 1 unspecified atom stereocenters. The van der Waals surface area contributed by atoms with Crippen LogP contribution in [-0.2, 0) is 13.0 Å². The summed E-state index contributed by atoms with van der Waals surface area (Å²) in [7, 11) is 0. The summed E-state index contributed by atoms with van der Waals surface area (Å²) in [4.78, 5) is 38.7. The van der Waals surface area contributed by atoms with Gasteiger partial charge in [0.2, 0.25) is 6.39 Å². The molecule has 4 heterocycles. The summed E-state index contributed by atoms with van der Waals surface area (Å²) in [6, 6.07) is 6.42. The van der Waals surface area contributed by atoms with Crippen molar-refractivity contribution in [1.29, 1.82) is 0 Å². The number of carbonyl (C=O) groups is 2. The van der Waals surface area contributed by atoms with Crippen molar-refractivity contribution in [2.45, 2.75) is 52.1 Å². The number of benzene rings is 1. The first kappa shape index (κ1) is 28.3. The summed E-state index contributed by atoms with van der Waals surface area (Å²) in [6.07, 6.45) is 5.49. The van der Waals surface area contributed by atoms with Gasteiger partial charge in [-0.1, -0.05) is 28.6 Å². The minimum atomic E-state index is -0.326. The van der Waals surface area contributed by atoms with Crippen molar-refractivity contribution in [2.24, 2.45) is 11.8 Å². The lowest BCUT2D eigenvalue weighted by atomic mass is 9.87. The minimum Gasteiger partial charge on any atom is -0.343 e. The number of aromatic nitrogens is 3. The molecule has 1 aromatic carbocycles. The Morgan fingerprint density at radius 3 is 2.70 bits per heavy atom. The fraction of sp³-hybridized carbons (Fsp3) is 0.536. The van der Waals surface area contributed by atoms with Crippen LogP contribution in [0.4, 0.5) is 14.3 Å². The van der Waals surface area contributed by atoms with Crippen molar-refractivity contribution in [3.8, 4) is 0 Å². The first-order valence-corrected chi connectivity index (χ1v) is 14.6. The lowest BCUT2D eigenvalue weighted by Crippen LogP contribution is -2.56. The Bertz CT molecular complexity index is 1280. The Balaban J connectivity index is 1.22. The number of anilines is 1. The van der Waals surface area contributed by atoms with Crippen LogP contribution in [0.3, 0.4) is 0 Å². The van der Waals surface area contributed by atoms with E-state index in [0.29, 0.717) is 40.5 Å². The van der Waals surface area contributed by atoms with E-state index in [1.54, 1.807) is 6.92 Å². The molecule has 0 saturated carbocycles. The second-order valence-electron chi connectivity index (χ2n) is 10.9. The zero-order chi connectivity index (χ0) is 28.1. The van der Waals surface area contributed by atoms with E-state index >= 15 is 0 Å². The van der Waals surface area contributed by atoms with Crippen LogP contribution in [0.1, 0.15) is 52.9 Å². The molecule has 2 aliphatic rings. The molecule has 5 rings (SSSR count). The number of aryl methyl sites for hydroxylation is 1. The quantitative estimate of drug-likeness (QED) is 0.370. The van der Waals surface area contributed by atoms with E-state index < -0.39 is 0 Å². The Labute approximate surface area is 237 Å². The van der Waals surface area contributed by atoms with Gasteiger partial charge in [0.05, 0.1) is 17.1 Å². The molecule has 0 radical (unpaired) electrons. The average Bonchev–Trinajstić information content (AvgIpc) is 3.56. The number of ketones is 1. The number of amides is 2. The molecular formula is C28H36FN7O3S. The summed E-state index contributed by atoms with van der Waals surface area (Å²) in [5, 5.41) is 10.4. The number of rotatable bonds is 9. The molecule has 2 fully saturated rings. The average molecular weight is 570 g/mol. The highest BCUT2D eigenvalue weighted by Gasteiger charge is 2.33. The molecule has 0 spiro atoms. The number of hydrogen-bond acceptors (Lipinski definition) is 9. The first-order valence-electron chi connectivity index (χ1n) is 13.8. The number of Topliss-reactive ketones (excluding diaryl/α,β-unsaturated/α-hetero) is 1. The molecule has 0 aliphatic carbocycles. The van der Waals surface area contributed by atoms with Crippen LogP contribution in [0, 0.1) is 24.6 Å². The maximum atomic E-state index is 13.3. The number of thiazole rings is 1. The fourth-order valence-electron chi connectivity index (χ4n) is 5.90. The first-order chi connectivity index (χ1) is 19.3. The zero-order valence-electron chi connectivity index (χ0n) is 22.9. The molecule has 2 aromatic heterocycles. The molecule has 2 N–H and O–H groups in total. The van der Waals surface area contributed by atoms with Crippen molar-refractivity contribution < 1.29 is 18.5 Å². The molecule has 12 heteroatoms. The van der Waals surface area contributed by atoms with Gasteiger partial charge in [-0.25, -0.2) is 14.2 Å². The second-order valence-corrected chi connectivity index (χ2v) is 11.9. The highest BCUT2D eigenvalue weighted by atomic mass is 32.1. The Kier molecular flexibility index (Phi) is 9.18. The standard InChI is InChI=1S/C28H36FN7O3S/c1-18-26(19(2)37)40-28(31-18)33-27(38)32-24-15-36(16-25-30-17-39-34-25)11-9-22(24)14-35-10-3-4-21(13-35)12-20-5-7-23(29)8-6-20/h5-8,17,21-22,24H,3-4,9-16H2,1-2H3,(H2,31,32,33,38)/t21?,22-,24-/m0/s1. The Morgan fingerprint density at radius 2 is 1.98 bits per heavy atom. The van der Waals surface area contributed by atoms with Gasteiger partial charge in [0.15, 0.2) is 16.7 Å². The van der Waals surface area contributed by atoms with Gasteiger partial charge >= 0.3 is 6.03 Å². The molecule has 2 aliphatic heterocycles. The van der Waals surface area contributed by atoms with E-state index in [1.165, 1.54) is 42.4 Å². The molecule has 2 amide bonds. The summed E-state index contributed by atoms with van der Waals surface area (Å²) in [5.74, 6) is 1.15. The summed E-state index contributed by atoms with van der Waals surface area (Å²) in [5.41, 5.74) is 1.79. The number of piperidine rings is 2. The van der Waals surface area contributed by atoms with Crippen molar-refractivity contribution in [3.63, 3.8) is 0 Å². The van der Waals surface area contributed by atoms with Crippen molar-refractivity contribution in [1.82, 2.24) is 30.2 Å². The van der Waals surface area contributed by atoms with Gasteiger partial charge in [0.1, 0.15) is 5.82 Å². The van der Waals surface area contributed by atoms with E-state index in [1.807, 2.05) is 12.1 Å². The van der Waals surface area contributed by atoms with E-state index in [9.17, 15) is 14.0 Å². The predicted molar refractivity (Wildman–Crippen MR) is 150 cm³/mol. The molecule has 214 valence electrons. The normalized spacial score (nSPS) is 22.2. The molecule has 0 bridgehead atoms. The van der Waals surface area contributed by atoms with Gasteiger partial charge in [-0.2, -0.15) is 4.98 Å². The minimum absolute atomic E-state index is 0.0628. The Hall–Kier alpha value is -3.22. The maximum Gasteiger partial charge on any atom is 0.321 e. The van der Waals surface area contributed by atoms with Crippen molar-refractivity contribution >= 4 is 28.3 Å². The van der Waals surface area contributed by atoms with Gasteiger partial charge in [0.25, 0.3) is 0 Å². The van der Waals surface area contributed by atoms with Crippen LogP contribution in [0.2, 0.25) is 0 Å². The second kappa shape index (κ2) is 13.0. The van der Waals surface area contributed by atoms with Gasteiger partial charge < -0.3 is 14.7 Å². The number of halogens is 1. The van der Waals surface area contributed by atoms with Crippen LogP contribution < -0.4 is 10.6 Å². The lowest BCUT2D eigenvalue weighted by molar-refractivity contribution is 0.0857. The highest BCUT2D eigenvalue weighted by Crippen LogP contribution is 2.27. The number of carbonyl (C=O) groups excluding carboxylic acids is 2. The number of nitrogens with zero attached hydrogens (tertiary/aromatic N) is 5. The van der Waals surface area contributed by atoms with Gasteiger partial charge in [-0.15, -0.1) is 0 Å². The molecule has 40 heavy (non-hydrogen) atoms. The largest absolute Gasteiger partial charge is 0.343 e. The summed E-state index contributed by atoms with van der Waals surface area (Å²) in [6.45, 7) is 8.28. The third-order valence-electron chi connectivity index (χ3n) is 7.80. The molecular weight excluding hydrogens is 533 g/mol. The molecule has 3 atom stereocenters. The fourth-order valence-corrected chi connectivity index (χ4v) is 6.76. The van der Waals surface area contributed by atoms with Crippen LogP contribution in [0.15, 0.2) is 35.2 Å². The smallest absolute Gasteiger partial charge is 0.321 e. The third kappa shape index (κ3) is 7.49. The van der Waals surface area contributed by atoms with Crippen LogP contribution in [0.5, 0.6) is 0 Å². The Morgan fingerprint density at radius 1 is 1.15 bits per heavy atom. The summed E-state index contributed by atoms with van der Waals surface area (Å²) < 4.78 is 18.2. The molecule has 2 saturated heterocycles.